The molecule has 162 valence electrons. The van der Waals surface area contributed by atoms with Crippen LogP contribution in [-0.2, 0) is 11.3 Å². The van der Waals surface area contributed by atoms with Crippen LogP contribution in [0.1, 0.15) is 0 Å². The van der Waals surface area contributed by atoms with Gasteiger partial charge in [0.05, 0.1) is 23.6 Å². The number of fused-ring (bicyclic) bond motifs is 1. The molecule has 1 aliphatic rings. The summed E-state index contributed by atoms with van der Waals surface area (Å²) >= 11 is 0. The summed E-state index contributed by atoms with van der Waals surface area (Å²) < 4.78 is 6.46. The second kappa shape index (κ2) is 8.54. The molecule has 1 saturated heterocycles. The Labute approximate surface area is 183 Å². The molecule has 0 saturated carbocycles. The topological polar surface area (TPSA) is 96.5 Å². The van der Waals surface area contributed by atoms with Crippen LogP contribution >= 0.6 is 0 Å². The van der Waals surface area contributed by atoms with Gasteiger partial charge in [0.25, 0.3) is 0 Å². The van der Waals surface area contributed by atoms with E-state index in [2.05, 4.69) is 37.2 Å². The number of nitrogens with one attached hydrogen (secondary N) is 1. The highest BCUT2D eigenvalue weighted by Crippen LogP contribution is 2.18. The van der Waals surface area contributed by atoms with Crippen molar-refractivity contribution in [3.8, 4) is 0 Å². The predicted octanol–water partition coefficient (Wildman–Crippen LogP) is 2.35. The lowest BCUT2D eigenvalue weighted by Crippen LogP contribution is -2.47. The summed E-state index contributed by atoms with van der Waals surface area (Å²) in [6.45, 7) is 3.26. The minimum Gasteiger partial charge on any atom is -0.408 e. The summed E-state index contributed by atoms with van der Waals surface area (Å²) in [6, 6.07) is 17.3. The molecule has 2 aromatic carbocycles. The van der Waals surface area contributed by atoms with Crippen molar-refractivity contribution in [1.29, 1.82) is 0 Å². The van der Waals surface area contributed by atoms with Crippen LogP contribution in [0.2, 0.25) is 0 Å². The summed E-state index contributed by atoms with van der Waals surface area (Å²) in [7, 11) is 0. The molecule has 4 aromatic rings. The standard InChI is InChI=1S/C23H22N6O3/c30-21(16-29-19-8-4-5-9-20(19)32-23(29)31)26-17-14-24-22(25-15-17)28-12-10-27(11-13-28)18-6-2-1-3-7-18/h1-9,14-15H,10-13,16H2,(H,26,30). The molecule has 32 heavy (non-hydrogen) atoms. The Morgan fingerprint density at radius 2 is 1.56 bits per heavy atom. The summed E-state index contributed by atoms with van der Waals surface area (Å²) in [6.07, 6.45) is 3.17. The zero-order valence-electron chi connectivity index (χ0n) is 17.3. The van der Waals surface area contributed by atoms with Gasteiger partial charge >= 0.3 is 5.76 Å². The average Bonchev–Trinajstić information content (AvgIpc) is 3.15. The fourth-order valence-corrected chi connectivity index (χ4v) is 3.86. The van der Waals surface area contributed by atoms with E-state index in [1.165, 1.54) is 10.3 Å². The first-order valence-electron chi connectivity index (χ1n) is 10.4. The van der Waals surface area contributed by atoms with E-state index in [-0.39, 0.29) is 12.5 Å². The highest BCUT2D eigenvalue weighted by Gasteiger charge is 2.19. The minimum absolute atomic E-state index is 0.154. The van der Waals surface area contributed by atoms with Gasteiger partial charge in [-0.2, -0.15) is 0 Å². The van der Waals surface area contributed by atoms with Gasteiger partial charge in [-0.15, -0.1) is 0 Å². The molecular formula is C23H22N6O3. The van der Waals surface area contributed by atoms with Crippen LogP contribution in [0, 0.1) is 0 Å². The molecule has 1 N–H and O–H groups in total. The number of carbonyl (C=O) groups is 1. The number of hydrogen-bond donors (Lipinski definition) is 1. The highest BCUT2D eigenvalue weighted by atomic mass is 16.4. The maximum absolute atomic E-state index is 12.4. The van der Waals surface area contributed by atoms with Crippen LogP contribution < -0.4 is 20.9 Å². The molecule has 2 aromatic heterocycles. The quantitative estimate of drug-likeness (QED) is 0.519. The lowest BCUT2D eigenvalue weighted by Gasteiger charge is -2.36. The Morgan fingerprint density at radius 3 is 2.31 bits per heavy atom. The molecule has 1 amide bonds. The smallest absolute Gasteiger partial charge is 0.408 e. The van der Waals surface area contributed by atoms with Gasteiger partial charge in [-0.05, 0) is 24.3 Å². The Kier molecular flexibility index (Phi) is 5.29. The molecule has 9 heteroatoms. The van der Waals surface area contributed by atoms with E-state index >= 15 is 0 Å². The first-order valence-corrected chi connectivity index (χ1v) is 10.4. The predicted molar refractivity (Wildman–Crippen MR) is 122 cm³/mol. The van der Waals surface area contributed by atoms with Gasteiger partial charge in [0.15, 0.2) is 5.58 Å². The maximum atomic E-state index is 12.4. The minimum atomic E-state index is -0.567. The van der Waals surface area contributed by atoms with Crippen molar-refractivity contribution >= 4 is 34.3 Å². The first-order chi connectivity index (χ1) is 15.7. The third-order valence-electron chi connectivity index (χ3n) is 5.48. The fraction of sp³-hybridized carbons (Fsp3) is 0.217. The third-order valence-corrected chi connectivity index (χ3v) is 5.48. The van der Waals surface area contributed by atoms with Crippen molar-refractivity contribution in [2.24, 2.45) is 0 Å². The van der Waals surface area contributed by atoms with Crippen molar-refractivity contribution in [3.63, 3.8) is 0 Å². The Hall–Kier alpha value is -4.14. The maximum Gasteiger partial charge on any atom is 0.420 e. The van der Waals surface area contributed by atoms with E-state index in [9.17, 15) is 9.59 Å². The SMILES string of the molecule is O=C(Cn1c(=O)oc2ccccc21)Nc1cnc(N2CCN(c3ccccc3)CC2)nc1. The van der Waals surface area contributed by atoms with Crippen LogP contribution in [0.3, 0.4) is 0 Å². The second-order valence-electron chi connectivity index (χ2n) is 7.55. The number of nitrogens with zero attached hydrogens (tertiary/aromatic N) is 5. The average molecular weight is 430 g/mol. The number of benzene rings is 2. The molecule has 1 fully saturated rings. The van der Waals surface area contributed by atoms with Crippen molar-refractivity contribution < 1.29 is 9.21 Å². The summed E-state index contributed by atoms with van der Waals surface area (Å²) in [5.41, 5.74) is 2.72. The van der Waals surface area contributed by atoms with Gasteiger partial charge < -0.3 is 19.5 Å². The molecule has 0 unspecified atom stereocenters. The molecule has 0 radical (unpaired) electrons. The van der Waals surface area contributed by atoms with E-state index in [0.717, 1.165) is 26.2 Å². The van der Waals surface area contributed by atoms with Crippen LogP contribution in [0.25, 0.3) is 11.1 Å². The largest absolute Gasteiger partial charge is 0.420 e. The first kappa shape index (κ1) is 19.8. The molecule has 1 aliphatic heterocycles. The Morgan fingerprint density at radius 1 is 0.906 bits per heavy atom. The lowest BCUT2D eigenvalue weighted by molar-refractivity contribution is -0.116. The van der Waals surface area contributed by atoms with Gasteiger partial charge in [-0.25, -0.2) is 14.8 Å². The van der Waals surface area contributed by atoms with E-state index in [0.29, 0.717) is 22.7 Å². The molecule has 0 atom stereocenters. The van der Waals surface area contributed by atoms with Gasteiger partial charge in [0.2, 0.25) is 11.9 Å². The summed E-state index contributed by atoms with van der Waals surface area (Å²) in [5, 5.41) is 2.74. The molecule has 0 spiro atoms. The lowest BCUT2D eigenvalue weighted by atomic mass is 10.2. The van der Waals surface area contributed by atoms with Gasteiger partial charge in [-0.3, -0.25) is 9.36 Å². The van der Waals surface area contributed by atoms with Gasteiger partial charge in [-0.1, -0.05) is 30.3 Å². The molecule has 3 heterocycles. The summed E-state index contributed by atoms with van der Waals surface area (Å²) in [4.78, 5) is 37.8. The molecule has 5 rings (SSSR count). The third kappa shape index (κ3) is 4.04. The Balaban J connectivity index is 1.19. The number of aromatic nitrogens is 3. The molecule has 9 nitrogen and oxygen atoms in total. The number of anilines is 3. The van der Waals surface area contributed by atoms with Crippen LogP contribution in [0.15, 0.2) is 76.2 Å². The van der Waals surface area contributed by atoms with Crippen LogP contribution in [0.4, 0.5) is 17.3 Å². The molecule has 0 aliphatic carbocycles. The van der Waals surface area contributed by atoms with Crippen molar-refractivity contribution in [2.45, 2.75) is 6.54 Å². The van der Waals surface area contributed by atoms with E-state index in [1.807, 2.05) is 18.2 Å². The Bertz CT molecular complexity index is 1270. The van der Waals surface area contributed by atoms with E-state index < -0.39 is 5.76 Å². The second-order valence-corrected chi connectivity index (χ2v) is 7.55. The fourth-order valence-electron chi connectivity index (χ4n) is 3.86. The monoisotopic (exact) mass is 430 g/mol. The number of piperazine rings is 1. The zero-order valence-corrected chi connectivity index (χ0v) is 17.3. The zero-order chi connectivity index (χ0) is 21.9. The number of hydrogen-bond acceptors (Lipinski definition) is 7. The number of amides is 1. The van der Waals surface area contributed by atoms with E-state index in [4.69, 9.17) is 4.42 Å². The molecular weight excluding hydrogens is 408 g/mol. The van der Waals surface area contributed by atoms with Crippen LogP contribution in [-0.4, -0.2) is 46.6 Å². The van der Waals surface area contributed by atoms with Crippen molar-refractivity contribution in [1.82, 2.24) is 14.5 Å². The van der Waals surface area contributed by atoms with Crippen LogP contribution in [0.5, 0.6) is 0 Å². The van der Waals surface area contributed by atoms with Gasteiger partial charge in [0.1, 0.15) is 6.54 Å². The number of para-hydroxylation sites is 3. The van der Waals surface area contributed by atoms with E-state index in [1.54, 1.807) is 36.7 Å². The number of carbonyl (C=O) groups excluding carboxylic acids is 1. The normalized spacial score (nSPS) is 14.0. The van der Waals surface area contributed by atoms with Crippen molar-refractivity contribution in [3.05, 3.63) is 77.5 Å². The van der Waals surface area contributed by atoms with Gasteiger partial charge in [0, 0.05) is 31.9 Å². The number of oxazole rings is 1. The molecule has 0 bridgehead atoms. The highest BCUT2D eigenvalue weighted by molar-refractivity contribution is 5.91. The van der Waals surface area contributed by atoms with Crippen molar-refractivity contribution in [2.75, 3.05) is 41.3 Å². The summed E-state index contributed by atoms with van der Waals surface area (Å²) in [5.74, 6) is -0.290. The number of rotatable bonds is 5.